The van der Waals surface area contributed by atoms with Gasteiger partial charge in [-0.2, -0.15) is 0 Å². The molecule has 15 heavy (non-hydrogen) atoms. The zero-order chi connectivity index (χ0) is 11.0. The lowest BCUT2D eigenvalue weighted by Crippen LogP contribution is -2.19. The molecule has 1 atom stereocenters. The largest absolute Gasteiger partial charge is 0.478 e. The molecular formula is C11H13N2O2+. The van der Waals surface area contributed by atoms with Crippen LogP contribution < -0.4 is 4.40 Å². The van der Waals surface area contributed by atoms with E-state index in [1.165, 1.54) is 0 Å². The summed E-state index contributed by atoms with van der Waals surface area (Å²) in [6.45, 7) is 3.60. The van der Waals surface area contributed by atoms with Crippen molar-refractivity contribution < 1.29 is 14.3 Å². The first kappa shape index (κ1) is 9.71. The molecule has 2 rings (SSSR count). The second-order valence-corrected chi connectivity index (χ2v) is 3.62. The maximum atomic E-state index is 10.9. The van der Waals surface area contributed by atoms with Gasteiger partial charge >= 0.3 is 5.97 Å². The van der Waals surface area contributed by atoms with Gasteiger partial charge in [0.15, 0.2) is 11.6 Å². The molecular weight excluding hydrogens is 192 g/mol. The zero-order valence-electron chi connectivity index (χ0n) is 8.71. The molecule has 78 valence electrons. The average molecular weight is 205 g/mol. The highest BCUT2D eigenvalue weighted by atomic mass is 16.4. The first-order chi connectivity index (χ1) is 7.11. The fourth-order valence-corrected chi connectivity index (χ4v) is 1.73. The van der Waals surface area contributed by atoms with Gasteiger partial charge in [-0.3, -0.25) is 0 Å². The van der Waals surface area contributed by atoms with Crippen LogP contribution in [-0.4, -0.2) is 15.6 Å². The van der Waals surface area contributed by atoms with Crippen molar-refractivity contribution in [1.82, 2.24) is 4.57 Å². The molecule has 0 bridgehead atoms. The van der Waals surface area contributed by atoms with E-state index < -0.39 is 12.0 Å². The SMILES string of the molecule is Cc1c2cccc[n+]2cn1[C@@H](C)C(=O)O. The summed E-state index contributed by atoms with van der Waals surface area (Å²) in [5, 5.41) is 8.95. The van der Waals surface area contributed by atoms with E-state index >= 15 is 0 Å². The Morgan fingerprint density at radius 1 is 1.53 bits per heavy atom. The number of hydrogen-bond acceptors (Lipinski definition) is 1. The van der Waals surface area contributed by atoms with Gasteiger partial charge in [-0.05, 0) is 19.1 Å². The summed E-state index contributed by atoms with van der Waals surface area (Å²) in [6.07, 6.45) is 3.72. The quantitative estimate of drug-likeness (QED) is 0.748. The molecule has 1 N–H and O–H groups in total. The number of pyridine rings is 1. The molecule has 2 aromatic heterocycles. The Hall–Kier alpha value is -1.84. The molecule has 0 spiro atoms. The highest BCUT2D eigenvalue weighted by Gasteiger charge is 2.23. The third-order valence-electron chi connectivity index (χ3n) is 2.67. The molecule has 0 fully saturated rings. The number of carboxylic acids is 1. The number of carbonyl (C=O) groups is 1. The second kappa shape index (κ2) is 3.38. The highest BCUT2D eigenvalue weighted by molar-refractivity contribution is 5.71. The average Bonchev–Trinajstić information content (AvgIpc) is 2.56. The van der Waals surface area contributed by atoms with Gasteiger partial charge in [0.2, 0.25) is 6.33 Å². The summed E-state index contributed by atoms with van der Waals surface area (Å²) in [5.41, 5.74) is 2.00. The molecule has 0 radical (unpaired) electrons. The number of aromatic nitrogens is 2. The van der Waals surface area contributed by atoms with Crippen LogP contribution in [0.5, 0.6) is 0 Å². The maximum absolute atomic E-state index is 10.9. The zero-order valence-corrected chi connectivity index (χ0v) is 8.71. The van der Waals surface area contributed by atoms with Crippen LogP contribution in [0.15, 0.2) is 30.7 Å². The summed E-state index contributed by atoms with van der Waals surface area (Å²) in [7, 11) is 0. The number of fused-ring (bicyclic) bond motifs is 1. The van der Waals surface area contributed by atoms with Gasteiger partial charge in [-0.25, -0.2) is 13.8 Å². The minimum atomic E-state index is -0.820. The molecule has 2 aromatic rings. The van der Waals surface area contributed by atoms with Gasteiger partial charge in [0.05, 0.1) is 6.20 Å². The molecule has 0 aromatic carbocycles. The van der Waals surface area contributed by atoms with Crippen molar-refractivity contribution in [1.29, 1.82) is 0 Å². The van der Waals surface area contributed by atoms with Crippen LogP contribution in [0.3, 0.4) is 0 Å². The minimum Gasteiger partial charge on any atom is -0.478 e. The van der Waals surface area contributed by atoms with Gasteiger partial charge in [-0.15, -0.1) is 0 Å². The topological polar surface area (TPSA) is 46.3 Å². The molecule has 2 heterocycles. The number of carboxylic acid groups (broad SMARTS) is 1. The maximum Gasteiger partial charge on any atom is 0.349 e. The number of aliphatic carboxylic acids is 1. The van der Waals surface area contributed by atoms with Gasteiger partial charge in [-0.1, -0.05) is 6.07 Å². The smallest absolute Gasteiger partial charge is 0.349 e. The van der Waals surface area contributed by atoms with Crippen molar-refractivity contribution in [3.63, 3.8) is 0 Å². The molecule has 4 nitrogen and oxygen atoms in total. The first-order valence-corrected chi connectivity index (χ1v) is 4.81. The molecule has 0 aliphatic rings. The molecule has 4 heteroatoms. The summed E-state index contributed by atoms with van der Waals surface area (Å²) < 4.78 is 3.69. The molecule has 0 unspecified atom stereocenters. The second-order valence-electron chi connectivity index (χ2n) is 3.62. The van der Waals surface area contributed by atoms with Crippen molar-refractivity contribution in [2.75, 3.05) is 0 Å². The van der Waals surface area contributed by atoms with Gasteiger partial charge in [0.1, 0.15) is 5.69 Å². The minimum absolute atomic E-state index is 0.537. The van der Waals surface area contributed by atoms with E-state index in [0.29, 0.717) is 0 Å². The monoisotopic (exact) mass is 205 g/mol. The summed E-state index contributed by atoms with van der Waals surface area (Å²) in [5.74, 6) is -0.820. The van der Waals surface area contributed by atoms with Gasteiger partial charge < -0.3 is 5.11 Å². The summed E-state index contributed by atoms with van der Waals surface area (Å²) in [6, 6.07) is 5.30. The predicted molar refractivity (Wildman–Crippen MR) is 54.7 cm³/mol. The summed E-state index contributed by atoms with van der Waals surface area (Å²) in [4.78, 5) is 10.9. The number of aryl methyl sites for hydroxylation is 1. The Morgan fingerprint density at radius 2 is 2.27 bits per heavy atom. The van der Waals surface area contributed by atoms with Gasteiger partial charge in [0.25, 0.3) is 0 Å². The highest BCUT2D eigenvalue weighted by Crippen LogP contribution is 2.12. The van der Waals surface area contributed by atoms with Crippen LogP contribution in [0.4, 0.5) is 0 Å². The van der Waals surface area contributed by atoms with Crippen molar-refractivity contribution in [3.05, 3.63) is 36.4 Å². The van der Waals surface area contributed by atoms with Crippen LogP contribution in [-0.2, 0) is 4.79 Å². The number of hydrogen-bond donors (Lipinski definition) is 1. The fourth-order valence-electron chi connectivity index (χ4n) is 1.73. The lowest BCUT2D eigenvalue weighted by Gasteiger charge is -2.02. The Labute approximate surface area is 87.4 Å². The lowest BCUT2D eigenvalue weighted by molar-refractivity contribution is -0.512. The predicted octanol–water partition coefficient (Wildman–Crippen LogP) is 1.18. The van der Waals surface area contributed by atoms with E-state index in [4.69, 9.17) is 5.11 Å². The van der Waals surface area contributed by atoms with E-state index in [1.54, 1.807) is 11.5 Å². The molecule has 0 saturated heterocycles. The van der Waals surface area contributed by atoms with Crippen molar-refractivity contribution >= 4 is 11.5 Å². The van der Waals surface area contributed by atoms with Crippen LogP contribution >= 0.6 is 0 Å². The van der Waals surface area contributed by atoms with Crippen LogP contribution in [0.2, 0.25) is 0 Å². The summed E-state index contributed by atoms with van der Waals surface area (Å²) >= 11 is 0. The lowest BCUT2D eigenvalue weighted by atomic mass is 10.3. The van der Waals surface area contributed by atoms with Crippen LogP contribution in [0.25, 0.3) is 5.52 Å². The Bertz CT molecular complexity index is 516. The van der Waals surface area contributed by atoms with Crippen LogP contribution in [0, 0.1) is 6.92 Å². The first-order valence-electron chi connectivity index (χ1n) is 4.81. The standard InChI is InChI=1S/C11H12N2O2/c1-8-10-5-3-4-6-12(10)7-13(8)9(2)11(14)15/h3-7,9H,1-2H3/p+1/t9-/m0/s1. The molecule has 0 saturated carbocycles. The number of nitrogens with zero attached hydrogens (tertiary/aromatic N) is 2. The molecule has 0 amide bonds. The fraction of sp³-hybridized carbons (Fsp3) is 0.273. The van der Waals surface area contributed by atoms with E-state index in [2.05, 4.69) is 0 Å². The number of imidazole rings is 1. The van der Waals surface area contributed by atoms with E-state index in [9.17, 15) is 4.79 Å². The van der Waals surface area contributed by atoms with Gasteiger partial charge in [0, 0.05) is 6.92 Å². The Balaban J connectivity index is 2.63. The van der Waals surface area contributed by atoms with E-state index in [1.807, 2.05) is 42.0 Å². The van der Waals surface area contributed by atoms with Crippen molar-refractivity contribution in [3.8, 4) is 0 Å². The Kier molecular flexibility index (Phi) is 2.19. The van der Waals surface area contributed by atoms with E-state index in [-0.39, 0.29) is 0 Å². The van der Waals surface area contributed by atoms with Crippen molar-refractivity contribution in [2.24, 2.45) is 0 Å². The molecule has 0 aliphatic heterocycles. The normalized spacial score (nSPS) is 12.9. The number of rotatable bonds is 2. The molecule has 0 aliphatic carbocycles. The third kappa shape index (κ3) is 1.48. The van der Waals surface area contributed by atoms with Crippen molar-refractivity contribution in [2.45, 2.75) is 19.9 Å². The van der Waals surface area contributed by atoms with Crippen LogP contribution in [0.1, 0.15) is 18.7 Å². The van der Waals surface area contributed by atoms with E-state index in [0.717, 1.165) is 11.2 Å². The third-order valence-corrected chi connectivity index (χ3v) is 2.67. The Morgan fingerprint density at radius 3 is 2.87 bits per heavy atom.